The van der Waals surface area contributed by atoms with E-state index in [0.29, 0.717) is 19.5 Å². The van der Waals surface area contributed by atoms with Crippen molar-refractivity contribution in [3.63, 3.8) is 0 Å². The Bertz CT molecular complexity index is 1170. The van der Waals surface area contributed by atoms with Crippen LogP contribution in [-0.4, -0.2) is 45.3 Å². The van der Waals surface area contributed by atoms with Gasteiger partial charge in [0.25, 0.3) is 0 Å². The van der Waals surface area contributed by atoms with Gasteiger partial charge in [0.2, 0.25) is 0 Å². The molecule has 1 aromatic rings. The number of hydrogen-bond acceptors (Lipinski definition) is 6. The van der Waals surface area contributed by atoms with Gasteiger partial charge in [-0.2, -0.15) is 5.06 Å². The highest BCUT2D eigenvalue weighted by atomic mass is 32.1. The van der Waals surface area contributed by atoms with E-state index in [4.69, 9.17) is 4.84 Å². The number of hydrogen-bond donors (Lipinski definition) is 2. The molecule has 4 fully saturated rings. The van der Waals surface area contributed by atoms with Crippen molar-refractivity contribution in [2.24, 2.45) is 34.0 Å². The van der Waals surface area contributed by atoms with E-state index in [1.807, 2.05) is 11.1 Å². The number of allylic oxidation sites excluding steroid dienone is 4. The number of thiophene rings is 1. The van der Waals surface area contributed by atoms with Gasteiger partial charge in [0, 0.05) is 38.5 Å². The lowest BCUT2D eigenvalue weighted by molar-refractivity contribution is -0.271. The predicted octanol–water partition coefficient (Wildman–Crippen LogP) is 4.52. The van der Waals surface area contributed by atoms with Gasteiger partial charge in [0.1, 0.15) is 0 Å². The molecule has 0 amide bonds. The predicted molar refractivity (Wildman–Crippen MR) is 132 cm³/mol. The molecule has 6 rings (SSSR count). The number of nitrogens with zero attached hydrogens (tertiary/aromatic N) is 1. The summed E-state index contributed by atoms with van der Waals surface area (Å²) < 4.78 is 0. The van der Waals surface area contributed by atoms with Crippen molar-refractivity contribution in [1.29, 1.82) is 0 Å². The van der Waals surface area contributed by atoms with Gasteiger partial charge in [0.05, 0.1) is 12.6 Å². The number of aliphatic hydroxyl groups is 1. The minimum atomic E-state index is -1.33. The molecule has 8 unspecified atom stereocenters. The number of carbonyl (C=O) groups excluding carboxylic acids is 1. The average Bonchev–Trinajstić information content (AvgIpc) is 3.43. The SMILES string of the molecule is Cc1ccc(CN2CC3CC4C5CCC6=CC(=O)C=CC6(C)C5(C)C(O)CC4(C)C3(C(=O)O)O2)s1. The summed E-state index contributed by atoms with van der Waals surface area (Å²) in [6.45, 7) is 9.63. The Kier molecular flexibility index (Phi) is 4.97. The number of aliphatic hydroxyl groups excluding tert-OH is 1. The van der Waals surface area contributed by atoms with Crippen LogP contribution in [0.2, 0.25) is 0 Å². The van der Waals surface area contributed by atoms with Crippen LogP contribution in [0.1, 0.15) is 56.2 Å². The molecule has 2 N–H and O–H groups in total. The second-order valence-corrected chi connectivity index (χ2v) is 13.6. The highest BCUT2D eigenvalue weighted by Gasteiger charge is 2.78. The number of fused-ring (bicyclic) bond motifs is 7. The molecule has 0 bridgehead atoms. The zero-order chi connectivity index (χ0) is 25.0. The minimum Gasteiger partial charge on any atom is -0.479 e. The van der Waals surface area contributed by atoms with Crippen LogP contribution in [0.4, 0.5) is 0 Å². The largest absolute Gasteiger partial charge is 0.479 e. The summed E-state index contributed by atoms with van der Waals surface area (Å²) in [6.07, 6.45) is 7.54. The molecule has 1 saturated heterocycles. The third-order valence-corrected chi connectivity index (χ3v) is 11.9. The minimum absolute atomic E-state index is 0.0179. The maximum atomic E-state index is 13.1. The number of carboxylic acids is 1. The standard InChI is InChI=1S/C28H35NO5S/c1-16-5-7-20(35-16)15-29-14-18-12-22-21-8-6-17-11-19(30)9-10-25(17,2)27(21,4)23(31)13-26(22,3)28(18,34-29)24(32)33/h5,7,9-11,18,21-23,31H,6,8,12-15H2,1-4H3,(H,32,33). The molecule has 3 saturated carbocycles. The summed E-state index contributed by atoms with van der Waals surface area (Å²) in [5.74, 6) is -0.732. The highest BCUT2D eigenvalue weighted by molar-refractivity contribution is 7.11. The van der Waals surface area contributed by atoms with Crippen LogP contribution in [0.3, 0.4) is 0 Å². The first-order chi connectivity index (χ1) is 16.5. The summed E-state index contributed by atoms with van der Waals surface area (Å²) in [5, 5.41) is 24.4. The Balaban J connectivity index is 1.37. The maximum absolute atomic E-state index is 13.1. The average molecular weight is 498 g/mol. The first-order valence-electron chi connectivity index (χ1n) is 12.8. The molecule has 0 radical (unpaired) electrons. The maximum Gasteiger partial charge on any atom is 0.339 e. The van der Waals surface area contributed by atoms with Crippen LogP contribution in [0.5, 0.6) is 0 Å². The molecule has 0 aromatic carbocycles. The van der Waals surface area contributed by atoms with E-state index >= 15 is 0 Å². The number of carbonyl (C=O) groups is 2. The lowest BCUT2D eigenvalue weighted by Gasteiger charge is -2.65. The quantitative estimate of drug-likeness (QED) is 0.639. The van der Waals surface area contributed by atoms with Crippen LogP contribution in [-0.2, 0) is 21.0 Å². The first kappa shape index (κ1) is 23.6. The number of aryl methyl sites for hydroxylation is 1. The molecule has 35 heavy (non-hydrogen) atoms. The summed E-state index contributed by atoms with van der Waals surface area (Å²) in [4.78, 5) is 34.1. The molecule has 8 atom stereocenters. The van der Waals surface area contributed by atoms with Crippen molar-refractivity contribution < 1.29 is 24.6 Å². The van der Waals surface area contributed by atoms with Crippen molar-refractivity contribution in [2.75, 3.05) is 6.54 Å². The molecule has 6 nitrogen and oxygen atoms in total. The van der Waals surface area contributed by atoms with E-state index in [1.165, 1.54) is 9.75 Å². The smallest absolute Gasteiger partial charge is 0.339 e. The molecule has 5 aliphatic rings. The molecular weight excluding hydrogens is 462 g/mol. The van der Waals surface area contributed by atoms with Crippen LogP contribution in [0, 0.1) is 40.9 Å². The Labute approximate surface area is 210 Å². The summed E-state index contributed by atoms with van der Waals surface area (Å²) in [7, 11) is 0. The fourth-order valence-corrected chi connectivity index (χ4v) is 9.85. The molecule has 188 valence electrons. The van der Waals surface area contributed by atoms with E-state index in [1.54, 1.807) is 23.5 Å². The zero-order valence-electron chi connectivity index (χ0n) is 20.9. The lowest BCUT2D eigenvalue weighted by atomic mass is 9.40. The normalized spacial score (nSPS) is 46.5. The van der Waals surface area contributed by atoms with Crippen molar-refractivity contribution in [2.45, 2.75) is 71.6 Å². The fourth-order valence-electron chi connectivity index (χ4n) is 8.96. The highest BCUT2D eigenvalue weighted by Crippen LogP contribution is 2.74. The van der Waals surface area contributed by atoms with Crippen LogP contribution < -0.4 is 0 Å². The molecule has 1 aliphatic heterocycles. The molecule has 7 heteroatoms. The summed E-state index contributed by atoms with van der Waals surface area (Å²) in [6, 6.07) is 4.17. The van der Waals surface area contributed by atoms with Crippen molar-refractivity contribution in [1.82, 2.24) is 5.06 Å². The second-order valence-electron chi connectivity index (χ2n) is 12.2. The summed E-state index contributed by atoms with van der Waals surface area (Å²) in [5.41, 5.74) is -1.79. The molecule has 2 heterocycles. The second kappa shape index (κ2) is 7.37. The number of aliphatic carboxylic acids is 1. The van der Waals surface area contributed by atoms with Crippen LogP contribution in [0.15, 0.2) is 35.9 Å². The van der Waals surface area contributed by atoms with Crippen molar-refractivity contribution in [3.05, 3.63) is 45.7 Å². The lowest BCUT2D eigenvalue weighted by Crippen LogP contribution is -2.66. The van der Waals surface area contributed by atoms with Gasteiger partial charge in [-0.1, -0.05) is 32.4 Å². The number of hydroxylamine groups is 2. The van der Waals surface area contributed by atoms with Gasteiger partial charge in [0.15, 0.2) is 11.4 Å². The Morgan fingerprint density at radius 1 is 1.26 bits per heavy atom. The number of ketones is 1. The molecule has 4 aliphatic carbocycles. The van der Waals surface area contributed by atoms with Crippen LogP contribution >= 0.6 is 11.3 Å². The van der Waals surface area contributed by atoms with Gasteiger partial charge in [-0.15, -0.1) is 11.3 Å². The van der Waals surface area contributed by atoms with E-state index < -0.39 is 33.9 Å². The number of rotatable bonds is 3. The Morgan fingerprint density at radius 3 is 2.71 bits per heavy atom. The Hall–Kier alpha value is -1.80. The zero-order valence-corrected chi connectivity index (χ0v) is 21.7. The van der Waals surface area contributed by atoms with Crippen molar-refractivity contribution in [3.8, 4) is 0 Å². The van der Waals surface area contributed by atoms with E-state index in [9.17, 15) is 19.8 Å². The van der Waals surface area contributed by atoms with Gasteiger partial charge >= 0.3 is 5.97 Å². The van der Waals surface area contributed by atoms with E-state index in [2.05, 4.69) is 39.8 Å². The van der Waals surface area contributed by atoms with Crippen molar-refractivity contribution >= 4 is 23.1 Å². The summed E-state index contributed by atoms with van der Waals surface area (Å²) >= 11 is 1.71. The number of carboxylic acid groups (broad SMARTS) is 1. The molecular formula is C28H35NO5S. The third kappa shape index (κ3) is 2.81. The van der Waals surface area contributed by atoms with Crippen LogP contribution in [0.25, 0.3) is 0 Å². The molecule has 0 spiro atoms. The monoisotopic (exact) mass is 497 g/mol. The first-order valence-corrected chi connectivity index (χ1v) is 13.6. The van der Waals surface area contributed by atoms with Gasteiger partial charge < -0.3 is 10.2 Å². The third-order valence-electron chi connectivity index (χ3n) is 10.9. The molecule has 1 aromatic heterocycles. The fraction of sp³-hybridized carbons (Fsp3) is 0.643. The van der Waals surface area contributed by atoms with Gasteiger partial charge in [-0.05, 0) is 68.7 Å². The van der Waals surface area contributed by atoms with E-state index in [-0.39, 0.29) is 23.5 Å². The van der Waals surface area contributed by atoms with Gasteiger partial charge in [-0.3, -0.25) is 9.63 Å². The Morgan fingerprint density at radius 2 is 2.03 bits per heavy atom. The van der Waals surface area contributed by atoms with E-state index in [0.717, 1.165) is 24.8 Å². The topological polar surface area (TPSA) is 87.1 Å². The van der Waals surface area contributed by atoms with Gasteiger partial charge in [-0.25, -0.2) is 4.79 Å².